The van der Waals surface area contributed by atoms with E-state index in [0.717, 1.165) is 31.4 Å². The van der Waals surface area contributed by atoms with Gasteiger partial charge in [0.1, 0.15) is 0 Å². The molecule has 0 bridgehead atoms. The molecule has 0 unspecified atom stereocenters. The van der Waals surface area contributed by atoms with Gasteiger partial charge in [-0.25, -0.2) is 0 Å². The fourth-order valence-electron chi connectivity index (χ4n) is 3.51. The Kier molecular flexibility index (Phi) is 4.39. The van der Waals surface area contributed by atoms with E-state index < -0.39 is 0 Å². The fraction of sp³-hybridized carbons (Fsp3) is 0.529. The molecule has 118 valence electrons. The summed E-state index contributed by atoms with van der Waals surface area (Å²) in [5.41, 5.74) is 0.745. The number of benzene rings is 1. The zero-order chi connectivity index (χ0) is 15.6. The number of amides is 2. The summed E-state index contributed by atoms with van der Waals surface area (Å²) in [4.78, 5) is 26.4. The lowest BCUT2D eigenvalue weighted by molar-refractivity contribution is -0.134. The maximum atomic E-state index is 12.4. The van der Waals surface area contributed by atoms with Crippen molar-refractivity contribution in [2.45, 2.75) is 32.1 Å². The largest absolute Gasteiger partial charge is 0.356 e. The van der Waals surface area contributed by atoms with E-state index in [1.165, 1.54) is 0 Å². The van der Waals surface area contributed by atoms with Crippen molar-refractivity contribution in [3.63, 3.8) is 0 Å². The minimum Gasteiger partial charge on any atom is -0.356 e. The molecule has 1 spiro atoms. The molecule has 0 radical (unpaired) electrons. The van der Waals surface area contributed by atoms with Crippen molar-refractivity contribution in [3.05, 3.63) is 34.9 Å². The Hall–Kier alpha value is -1.55. The third-order valence-electron chi connectivity index (χ3n) is 4.82. The lowest BCUT2D eigenvalue weighted by Gasteiger charge is -2.32. The molecule has 1 aromatic rings. The molecule has 3 rings (SSSR count). The average Bonchev–Trinajstić information content (AvgIpc) is 2.93. The minimum absolute atomic E-state index is 0.129. The van der Waals surface area contributed by atoms with Gasteiger partial charge in [0, 0.05) is 31.1 Å². The molecule has 1 atom stereocenters. The quantitative estimate of drug-likeness (QED) is 0.929. The summed E-state index contributed by atoms with van der Waals surface area (Å²) in [6.45, 7) is 2.04. The van der Waals surface area contributed by atoms with Crippen molar-refractivity contribution in [3.8, 4) is 0 Å². The molecular weight excluding hydrogens is 300 g/mol. The summed E-state index contributed by atoms with van der Waals surface area (Å²) < 4.78 is 0. The Bertz CT molecular complexity index is 590. The molecule has 2 heterocycles. The average molecular weight is 321 g/mol. The van der Waals surface area contributed by atoms with Gasteiger partial charge in [-0.1, -0.05) is 23.7 Å². The van der Waals surface area contributed by atoms with Gasteiger partial charge in [-0.15, -0.1) is 0 Å². The van der Waals surface area contributed by atoms with Crippen molar-refractivity contribution in [2.75, 3.05) is 19.6 Å². The monoisotopic (exact) mass is 320 g/mol. The van der Waals surface area contributed by atoms with E-state index in [1.54, 1.807) is 0 Å². The number of hydrogen-bond donors (Lipinski definition) is 1. The van der Waals surface area contributed by atoms with E-state index in [4.69, 9.17) is 11.6 Å². The van der Waals surface area contributed by atoms with Gasteiger partial charge in [0.25, 0.3) is 0 Å². The van der Waals surface area contributed by atoms with E-state index in [1.807, 2.05) is 29.2 Å². The van der Waals surface area contributed by atoms with Crippen LogP contribution in [0.3, 0.4) is 0 Å². The lowest BCUT2D eigenvalue weighted by atomic mass is 9.79. The summed E-state index contributed by atoms with van der Waals surface area (Å²) in [6.07, 6.45) is 3.86. The second kappa shape index (κ2) is 6.29. The van der Waals surface area contributed by atoms with Crippen molar-refractivity contribution < 1.29 is 9.59 Å². The third-order valence-corrected chi connectivity index (χ3v) is 5.06. The van der Waals surface area contributed by atoms with Crippen molar-refractivity contribution >= 4 is 23.4 Å². The number of carbonyl (C=O) groups excluding carboxylic acids is 2. The highest BCUT2D eigenvalue weighted by Gasteiger charge is 2.46. The second-order valence-electron chi connectivity index (χ2n) is 6.33. The number of nitrogens with zero attached hydrogens (tertiary/aromatic N) is 1. The molecule has 0 saturated carbocycles. The van der Waals surface area contributed by atoms with E-state index >= 15 is 0 Å². The highest BCUT2D eigenvalue weighted by Crippen LogP contribution is 2.37. The van der Waals surface area contributed by atoms with Crippen LogP contribution in [-0.2, 0) is 16.0 Å². The van der Waals surface area contributed by atoms with Gasteiger partial charge < -0.3 is 10.2 Å². The normalized spacial score (nSPS) is 24.6. The van der Waals surface area contributed by atoms with Crippen LogP contribution >= 0.6 is 11.6 Å². The number of piperidine rings is 1. The topological polar surface area (TPSA) is 49.4 Å². The lowest BCUT2D eigenvalue weighted by Crippen LogP contribution is -2.47. The Morgan fingerprint density at radius 1 is 1.36 bits per heavy atom. The molecule has 2 aliphatic heterocycles. The maximum absolute atomic E-state index is 12.4. The first-order valence-corrected chi connectivity index (χ1v) is 8.27. The predicted octanol–water partition coefficient (Wildman–Crippen LogP) is 2.40. The number of likely N-dealkylation sites (tertiary alicyclic amines) is 1. The Morgan fingerprint density at radius 2 is 2.23 bits per heavy atom. The van der Waals surface area contributed by atoms with Crippen LogP contribution in [0.15, 0.2) is 24.3 Å². The zero-order valence-electron chi connectivity index (χ0n) is 12.6. The van der Waals surface area contributed by atoms with Crippen LogP contribution in [0, 0.1) is 5.41 Å². The molecule has 2 aliphatic rings. The second-order valence-corrected chi connectivity index (χ2v) is 6.77. The molecule has 2 saturated heterocycles. The fourth-order valence-corrected chi connectivity index (χ4v) is 3.72. The van der Waals surface area contributed by atoms with Crippen molar-refractivity contribution in [2.24, 2.45) is 5.41 Å². The highest BCUT2D eigenvalue weighted by molar-refractivity contribution is 6.30. The van der Waals surface area contributed by atoms with E-state index in [9.17, 15) is 9.59 Å². The van der Waals surface area contributed by atoms with Gasteiger partial charge in [-0.05, 0) is 43.4 Å². The van der Waals surface area contributed by atoms with E-state index in [-0.39, 0.29) is 17.2 Å². The molecule has 22 heavy (non-hydrogen) atoms. The standard InChI is InChI=1S/C17H21ClN2O2/c18-14-4-1-3-13(11-14)5-6-15(21)20-10-8-17(12-20)7-2-9-19-16(17)22/h1,3-4,11H,2,5-10,12H2,(H,19,22)/t17-/m0/s1. The van der Waals surface area contributed by atoms with Gasteiger partial charge in [0.15, 0.2) is 0 Å². The SMILES string of the molecule is O=C(CCc1cccc(Cl)c1)N1CC[C@@]2(CCCNC2=O)C1. The van der Waals surface area contributed by atoms with Crippen LogP contribution in [0.2, 0.25) is 5.02 Å². The minimum atomic E-state index is -0.329. The van der Waals surface area contributed by atoms with Gasteiger partial charge in [0.05, 0.1) is 5.41 Å². The first kappa shape index (κ1) is 15.3. The molecule has 0 aromatic heterocycles. The summed E-state index contributed by atoms with van der Waals surface area (Å²) in [7, 11) is 0. The van der Waals surface area contributed by atoms with E-state index in [0.29, 0.717) is 31.0 Å². The first-order valence-electron chi connectivity index (χ1n) is 7.90. The number of nitrogens with one attached hydrogen (secondary N) is 1. The molecule has 5 heteroatoms. The summed E-state index contributed by atoms with van der Waals surface area (Å²) >= 11 is 5.96. The molecule has 1 aromatic carbocycles. The Balaban J connectivity index is 1.56. The number of hydrogen-bond acceptors (Lipinski definition) is 2. The molecule has 4 nitrogen and oxygen atoms in total. The summed E-state index contributed by atoms with van der Waals surface area (Å²) in [5.74, 6) is 0.263. The van der Waals surface area contributed by atoms with Gasteiger partial charge >= 0.3 is 0 Å². The molecule has 2 amide bonds. The molecule has 0 aliphatic carbocycles. The Labute approximate surface area is 135 Å². The van der Waals surface area contributed by atoms with Crippen LogP contribution in [0.25, 0.3) is 0 Å². The van der Waals surface area contributed by atoms with Crippen LogP contribution in [0.5, 0.6) is 0 Å². The van der Waals surface area contributed by atoms with Gasteiger partial charge in [0.2, 0.25) is 11.8 Å². The van der Waals surface area contributed by atoms with Crippen LogP contribution in [0.1, 0.15) is 31.2 Å². The highest BCUT2D eigenvalue weighted by atomic mass is 35.5. The molecule has 1 N–H and O–H groups in total. The van der Waals surface area contributed by atoms with Crippen LogP contribution in [-0.4, -0.2) is 36.3 Å². The number of aryl methyl sites for hydroxylation is 1. The predicted molar refractivity (Wildman–Crippen MR) is 85.6 cm³/mol. The zero-order valence-corrected chi connectivity index (χ0v) is 13.4. The first-order chi connectivity index (χ1) is 10.6. The number of halogens is 1. The van der Waals surface area contributed by atoms with Crippen molar-refractivity contribution in [1.82, 2.24) is 10.2 Å². The number of carbonyl (C=O) groups is 2. The Morgan fingerprint density at radius 3 is 3.00 bits per heavy atom. The number of rotatable bonds is 3. The van der Waals surface area contributed by atoms with Crippen molar-refractivity contribution in [1.29, 1.82) is 0 Å². The third kappa shape index (κ3) is 3.12. The smallest absolute Gasteiger partial charge is 0.228 e. The van der Waals surface area contributed by atoms with Crippen LogP contribution in [0.4, 0.5) is 0 Å². The van der Waals surface area contributed by atoms with Gasteiger partial charge in [-0.3, -0.25) is 9.59 Å². The summed E-state index contributed by atoms with van der Waals surface area (Å²) in [5, 5.41) is 3.64. The van der Waals surface area contributed by atoms with Crippen LogP contribution < -0.4 is 5.32 Å². The molecular formula is C17H21ClN2O2. The van der Waals surface area contributed by atoms with Gasteiger partial charge in [-0.2, -0.15) is 0 Å². The van der Waals surface area contributed by atoms with E-state index in [2.05, 4.69) is 5.32 Å². The summed E-state index contributed by atoms with van der Waals surface area (Å²) in [6, 6.07) is 7.62. The maximum Gasteiger partial charge on any atom is 0.228 e. The molecule has 2 fully saturated rings.